The molecule has 2 aromatic heterocycles. The van der Waals surface area contributed by atoms with Crippen molar-refractivity contribution in [2.75, 3.05) is 13.6 Å². The van der Waals surface area contributed by atoms with Gasteiger partial charge in [0.1, 0.15) is 12.1 Å². The molecular formula is C21H18ClFN4O. The maximum Gasteiger partial charge on any atom is 0.254 e. The van der Waals surface area contributed by atoms with E-state index in [1.54, 1.807) is 30.3 Å². The number of pyridine rings is 1. The lowest BCUT2D eigenvalue weighted by Crippen LogP contribution is -2.34. The number of benzene rings is 1. The van der Waals surface area contributed by atoms with Gasteiger partial charge in [-0.05, 0) is 47.9 Å². The van der Waals surface area contributed by atoms with E-state index in [2.05, 4.69) is 15.0 Å². The Hall–Kier alpha value is -2.86. The summed E-state index contributed by atoms with van der Waals surface area (Å²) in [5.41, 5.74) is 4.35. The number of likely N-dealkylation sites (N-methyl/N-ethyl adjacent to an activating group) is 1. The summed E-state index contributed by atoms with van der Waals surface area (Å²) in [4.78, 5) is 27.4. The van der Waals surface area contributed by atoms with Crippen molar-refractivity contribution in [2.45, 2.75) is 19.3 Å². The predicted molar refractivity (Wildman–Crippen MR) is 105 cm³/mol. The van der Waals surface area contributed by atoms with Crippen LogP contribution in [0.1, 0.15) is 40.0 Å². The number of carbonyl (C=O) groups excluding carboxylic acids is 1. The highest BCUT2D eigenvalue weighted by Crippen LogP contribution is 2.30. The van der Waals surface area contributed by atoms with Crippen molar-refractivity contribution < 1.29 is 9.18 Å². The minimum absolute atomic E-state index is 0.0121. The van der Waals surface area contributed by atoms with Gasteiger partial charge in [0, 0.05) is 36.3 Å². The molecule has 142 valence electrons. The average Bonchev–Trinajstić information content (AvgIpc) is 2.69. The van der Waals surface area contributed by atoms with E-state index in [1.165, 1.54) is 18.5 Å². The van der Waals surface area contributed by atoms with E-state index in [9.17, 15) is 9.18 Å². The summed E-state index contributed by atoms with van der Waals surface area (Å²) in [6, 6.07) is 8.05. The van der Waals surface area contributed by atoms with Crippen LogP contribution in [0.4, 0.5) is 4.39 Å². The highest BCUT2D eigenvalue weighted by Gasteiger charge is 2.25. The van der Waals surface area contributed by atoms with Gasteiger partial charge in [-0.1, -0.05) is 18.5 Å². The third kappa shape index (κ3) is 3.36. The lowest BCUT2D eigenvalue weighted by Gasteiger charge is -2.25. The molecule has 3 aromatic rings. The van der Waals surface area contributed by atoms with Gasteiger partial charge < -0.3 is 4.90 Å². The Morgan fingerprint density at radius 3 is 2.79 bits per heavy atom. The van der Waals surface area contributed by atoms with Crippen LogP contribution in [-0.2, 0) is 6.42 Å². The van der Waals surface area contributed by atoms with Crippen LogP contribution in [0.3, 0.4) is 0 Å². The molecule has 4 rings (SSSR count). The van der Waals surface area contributed by atoms with E-state index in [-0.39, 0.29) is 17.6 Å². The Labute approximate surface area is 167 Å². The number of hydrogen-bond donors (Lipinski definition) is 0. The van der Waals surface area contributed by atoms with Gasteiger partial charge in [-0.15, -0.1) is 0 Å². The zero-order chi connectivity index (χ0) is 19.8. The lowest BCUT2D eigenvalue weighted by atomic mass is 9.94. The van der Waals surface area contributed by atoms with Crippen molar-refractivity contribution in [2.24, 2.45) is 0 Å². The highest BCUT2D eigenvalue weighted by molar-refractivity contribution is 6.30. The van der Waals surface area contributed by atoms with Crippen molar-refractivity contribution in [3.05, 3.63) is 76.1 Å². The molecule has 1 unspecified atom stereocenters. The number of fused-ring (bicyclic) bond motifs is 1. The Morgan fingerprint density at radius 1 is 1.18 bits per heavy atom. The normalized spacial score (nSPS) is 14.7. The number of halogens is 2. The fourth-order valence-corrected chi connectivity index (χ4v) is 3.72. The van der Waals surface area contributed by atoms with Crippen LogP contribution in [0.25, 0.3) is 11.4 Å². The van der Waals surface area contributed by atoms with Gasteiger partial charge in [-0.3, -0.25) is 9.78 Å². The van der Waals surface area contributed by atoms with Crippen molar-refractivity contribution in [3.63, 3.8) is 0 Å². The van der Waals surface area contributed by atoms with Gasteiger partial charge in [-0.25, -0.2) is 14.4 Å². The number of amides is 1. The van der Waals surface area contributed by atoms with Crippen LogP contribution in [0.2, 0.25) is 5.02 Å². The first kappa shape index (κ1) is 18.5. The molecule has 0 bridgehead atoms. The molecule has 0 saturated heterocycles. The standard InChI is InChI=1S/C21H18ClFN4O/c1-12(13-7-14(22)9-15(23)8-13)18-10-19(26-11-25-18)20-16-4-6-27(2)21(28)17(16)3-5-24-20/h3,5,7-12H,4,6H2,1-2H3. The molecular weight excluding hydrogens is 379 g/mol. The molecule has 0 spiro atoms. The molecule has 1 amide bonds. The minimum atomic E-state index is -0.384. The van der Waals surface area contributed by atoms with Gasteiger partial charge in [0.05, 0.1) is 17.1 Å². The second kappa shape index (κ2) is 7.28. The summed E-state index contributed by atoms with van der Waals surface area (Å²) in [5, 5.41) is 0.345. The number of nitrogens with zero attached hydrogens (tertiary/aromatic N) is 4. The number of carbonyl (C=O) groups is 1. The maximum absolute atomic E-state index is 13.7. The van der Waals surface area contributed by atoms with E-state index in [0.717, 1.165) is 23.2 Å². The topological polar surface area (TPSA) is 59.0 Å². The summed E-state index contributed by atoms with van der Waals surface area (Å²) >= 11 is 6.00. The lowest BCUT2D eigenvalue weighted by molar-refractivity contribution is 0.0781. The molecule has 0 aliphatic carbocycles. The first-order valence-electron chi connectivity index (χ1n) is 8.95. The van der Waals surface area contributed by atoms with E-state index < -0.39 is 0 Å². The average molecular weight is 397 g/mol. The monoisotopic (exact) mass is 396 g/mol. The molecule has 0 saturated carbocycles. The smallest absolute Gasteiger partial charge is 0.254 e. The zero-order valence-electron chi connectivity index (χ0n) is 15.5. The second-order valence-electron chi connectivity index (χ2n) is 6.91. The first-order valence-corrected chi connectivity index (χ1v) is 9.33. The highest BCUT2D eigenvalue weighted by atomic mass is 35.5. The number of rotatable bonds is 3. The van der Waals surface area contributed by atoms with Crippen LogP contribution in [0.5, 0.6) is 0 Å². The number of hydrogen-bond acceptors (Lipinski definition) is 4. The van der Waals surface area contributed by atoms with E-state index in [0.29, 0.717) is 28.5 Å². The Bertz CT molecular complexity index is 1050. The summed E-state index contributed by atoms with van der Waals surface area (Å²) in [5.74, 6) is -0.575. The van der Waals surface area contributed by atoms with Crippen molar-refractivity contribution >= 4 is 17.5 Å². The van der Waals surface area contributed by atoms with Crippen LogP contribution >= 0.6 is 11.6 Å². The summed E-state index contributed by atoms with van der Waals surface area (Å²) in [6.07, 6.45) is 3.82. The van der Waals surface area contributed by atoms with Crippen LogP contribution in [-0.4, -0.2) is 39.4 Å². The largest absolute Gasteiger partial charge is 0.341 e. The van der Waals surface area contributed by atoms with E-state index in [4.69, 9.17) is 11.6 Å². The molecule has 3 heterocycles. The molecule has 5 nitrogen and oxygen atoms in total. The van der Waals surface area contributed by atoms with Crippen molar-refractivity contribution in [1.82, 2.24) is 19.9 Å². The SMILES string of the molecule is CC(c1cc(F)cc(Cl)c1)c1cc(-c2nccc3c2CCN(C)C3=O)ncn1. The Kier molecular flexibility index (Phi) is 4.81. The number of aromatic nitrogens is 3. The van der Waals surface area contributed by atoms with Gasteiger partial charge in [0.2, 0.25) is 0 Å². The molecule has 0 radical (unpaired) electrons. The third-order valence-electron chi connectivity index (χ3n) is 5.09. The predicted octanol–water partition coefficient (Wildman–Crippen LogP) is 4.11. The Balaban J connectivity index is 1.75. The van der Waals surface area contributed by atoms with Crippen LogP contribution < -0.4 is 0 Å². The molecule has 1 aromatic carbocycles. The molecule has 1 aliphatic rings. The van der Waals surface area contributed by atoms with Gasteiger partial charge in [-0.2, -0.15) is 0 Å². The molecule has 28 heavy (non-hydrogen) atoms. The Morgan fingerprint density at radius 2 is 2.00 bits per heavy atom. The summed E-state index contributed by atoms with van der Waals surface area (Å²) < 4.78 is 13.7. The zero-order valence-corrected chi connectivity index (χ0v) is 16.2. The molecule has 0 fully saturated rings. The van der Waals surface area contributed by atoms with Gasteiger partial charge in [0.15, 0.2) is 0 Å². The fourth-order valence-electron chi connectivity index (χ4n) is 3.49. The summed E-state index contributed by atoms with van der Waals surface area (Å²) in [6.45, 7) is 2.57. The fraction of sp³-hybridized carbons (Fsp3) is 0.238. The quantitative estimate of drug-likeness (QED) is 0.668. The van der Waals surface area contributed by atoms with Gasteiger partial charge >= 0.3 is 0 Å². The van der Waals surface area contributed by atoms with E-state index >= 15 is 0 Å². The van der Waals surface area contributed by atoms with Crippen molar-refractivity contribution in [1.29, 1.82) is 0 Å². The summed E-state index contributed by atoms with van der Waals surface area (Å²) in [7, 11) is 1.79. The second-order valence-corrected chi connectivity index (χ2v) is 7.35. The first-order chi connectivity index (χ1) is 13.4. The maximum atomic E-state index is 13.7. The molecule has 1 atom stereocenters. The van der Waals surface area contributed by atoms with E-state index in [1.807, 2.05) is 13.0 Å². The molecule has 0 N–H and O–H groups in total. The molecule has 1 aliphatic heterocycles. The molecule has 7 heteroatoms. The van der Waals surface area contributed by atoms with Crippen LogP contribution in [0, 0.1) is 5.82 Å². The van der Waals surface area contributed by atoms with Gasteiger partial charge in [0.25, 0.3) is 5.91 Å². The minimum Gasteiger partial charge on any atom is -0.341 e. The third-order valence-corrected chi connectivity index (χ3v) is 5.31. The van der Waals surface area contributed by atoms with Crippen LogP contribution in [0.15, 0.2) is 42.9 Å². The van der Waals surface area contributed by atoms with Crippen molar-refractivity contribution in [3.8, 4) is 11.4 Å².